The molecule has 1 fully saturated rings. The lowest BCUT2D eigenvalue weighted by Crippen LogP contribution is -2.36. The summed E-state index contributed by atoms with van der Waals surface area (Å²) in [6, 6.07) is 6.76. The Labute approximate surface area is 179 Å². The number of carbonyl (C=O) groups excluding carboxylic acids is 3. The number of hydrogen-bond donors (Lipinski definition) is 2. The summed E-state index contributed by atoms with van der Waals surface area (Å²) in [6.07, 6.45) is 5.32. The van der Waals surface area contributed by atoms with Gasteiger partial charge in [0, 0.05) is 11.6 Å². The van der Waals surface area contributed by atoms with E-state index in [0.717, 1.165) is 37.0 Å². The third-order valence-corrected chi connectivity index (χ3v) is 6.47. The van der Waals surface area contributed by atoms with Crippen LogP contribution in [0, 0.1) is 6.92 Å². The first-order valence-corrected chi connectivity index (χ1v) is 10.7. The summed E-state index contributed by atoms with van der Waals surface area (Å²) in [4.78, 5) is 38.3. The Morgan fingerprint density at radius 3 is 2.27 bits per heavy atom. The zero-order valence-electron chi connectivity index (χ0n) is 17.4. The molecule has 30 heavy (non-hydrogen) atoms. The van der Waals surface area contributed by atoms with Crippen molar-refractivity contribution >= 4 is 34.1 Å². The SMILES string of the molecule is COC(=O)c1c(NC(=O)c2ccc(OC)cc2)sc(C(=O)NC2CCCCC2)c1C. The van der Waals surface area contributed by atoms with E-state index < -0.39 is 5.97 Å². The fraction of sp³-hybridized carbons (Fsp3) is 0.409. The number of nitrogens with one attached hydrogen (secondary N) is 2. The van der Waals surface area contributed by atoms with Gasteiger partial charge in [0.15, 0.2) is 0 Å². The van der Waals surface area contributed by atoms with Crippen molar-refractivity contribution in [3.8, 4) is 5.75 Å². The van der Waals surface area contributed by atoms with Gasteiger partial charge in [0.25, 0.3) is 11.8 Å². The number of anilines is 1. The van der Waals surface area contributed by atoms with Crippen molar-refractivity contribution in [2.24, 2.45) is 0 Å². The van der Waals surface area contributed by atoms with Crippen molar-refractivity contribution in [2.45, 2.75) is 45.1 Å². The van der Waals surface area contributed by atoms with Crippen LogP contribution >= 0.6 is 11.3 Å². The van der Waals surface area contributed by atoms with Crippen LogP contribution in [0.15, 0.2) is 24.3 Å². The van der Waals surface area contributed by atoms with Gasteiger partial charge in [-0.15, -0.1) is 11.3 Å². The van der Waals surface area contributed by atoms with E-state index in [-0.39, 0.29) is 23.4 Å². The highest BCUT2D eigenvalue weighted by Crippen LogP contribution is 2.34. The molecule has 2 amide bonds. The summed E-state index contributed by atoms with van der Waals surface area (Å²) in [5.41, 5.74) is 1.12. The minimum absolute atomic E-state index is 0.145. The normalized spacial score (nSPS) is 14.1. The predicted molar refractivity (Wildman–Crippen MR) is 116 cm³/mol. The van der Waals surface area contributed by atoms with E-state index >= 15 is 0 Å². The third-order valence-electron chi connectivity index (χ3n) is 5.26. The zero-order valence-corrected chi connectivity index (χ0v) is 18.2. The van der Waals surface area contributed by atoms with Gasteiger partial charge in [-0.05, 0) is 49.6 Å². The van der Waals surface area contributed by atoms with Crippen molar-refractivity contribution in [3.63, 3.8) is 0 Å². The Balaban J connectivity index is 1.85. The van der Waals surface area contributed by atoms with Crippen molar-refractivity contribution in [3.05, 3.63) is 45.8 Å². The van der Waals surface area contributed by atoms with E-state index in [4.69, 9.17) is 9.47 Å². The molecule has 1 heterocycles. The molecule has 2 N–H and O–H groups in total. The summed E-state index contributed by atoms with van der Waals surface area (Å²) in [5, 5.41) is 6.12. The second kappa shape index (κ2) is 9.75. The van der Waals surface area contributed by atoms with Crippen LogP contribution in [0.2, 0.25) is 0 Å². The topological polar surface area (TPSA) is 93.7 Å². The largest absolute Gasteiger partial charge is 0.497 e. The average Bonchev–Trinajstić information content (AvgIpc) is 3.09. The number of thiophene rings is 1. The molecule has 0 atom stereocenters. The fourth-order valence-electron chi connectivity index (χ4n) is 3.58. The van der Waals surface area contributed by atoms with Gasteiger partial charge in [0.05, 0.1) is 24.7 Å². The molecule has 1 aliphatic rings. The Morgan fingerprint density at radius 1 is 1.00 bits per heavy atom. The first-order valence-electron chi connectivity index (χ1n) is 9.92. The molecule has 0 unspecified atom stereocenters. The number of amides is 2. The quantitative estimate of drug-likeness (QED) is 0.671. The number of hydrogen-bond acceptors (Lipinski definition) is 6. The van der Waals surface area contributed by atoms with Crippen LogP contribution in [0.1, 0.15) is 68.1 Å². The number of methoxy groups -OCH3 is 2. The summed E-state index contributed by atoms with van der Waals surface area (Å²) in [7, 11) is 2.82. The fourth-order valence-corrected chi connectivity index (χ4v) is 4.67. The number of rotatable bonds is 6. The monoisotopic (exact) mass is 430 g/mol. The number of carbonyl (C=O) groups is 3. The van der Waals surface area contributed by atoms with Gasteiger partial charge in [-0.25, -0.2) is 4.79 Å². The number of benzene rings is 1. The molecule has 0 saturated heterocycles. The van der Waals surface area contributed by atoms with Crippen molar-refractivity contribution in [1.29, 1.82) is 0 Å². The van der Waals surface area contributed by atoms with E-state index in [1.165, 1.54) is 13.5 Å². The zero-order chi connectivity index (χ0) is 21.7. The maximum Gasteiger partial charge on any atom is 0.341 e. The van der Waals surface area contributed by atoms with Crippen LogP contribution in [-0.2, 0) is 4.74 Å². The molecular weight excluding hydrogens is 404 g/mol. The molecule has 3 rings (SSSR count). The molecule has 1 aromatic heterocycles. The van der Waals surface area contributed by atoms with E-state index in [9.17, 15) is 14.4 Å². The van der Waals surface area contributed by atoms with E-state index in [1.54, 1.807) is 38.3 Å². The van der Waals surface area contributed by atoms with E-state index in [2.05, 4.69) is 10.6 Å². The number of ether oxygens (including phenoxy) is 2. The molecule has 0 bridgehead atoms. The van der Waals surface area contributed by atoms with Crippen LogP contribution in [0.5, 0.6) is 5.75 Å². The van der Waals surface area contributed by atoms with Crippen molar-refractivity contribution < 1.29 is 23.9 Å². The Morgan fingerprint density at radius 2 is 1.67 bits per heavy atom. The molecule has 0 radical (unpaired) electrons. The van der Waals surface area contributed by atoms with E-state index in [0.29, 0.717) is 26.8 Å². The Hall–Kier alpha value is -2.87. The molecule has 7 nitrogen and oxygen atoms in total. The molecule has 1 saturated carbocycles. The summed E-state index contributed by atoms with van der Waals surface area (Å²) in [5.74, 6) is -0.566. The first kappa shape index (κ1) is 21.8. The maximum absolute atomic E-state index is 12.9. The van der Waals surface area contributed by atoms with Gasteiger partial charge >= 0.3 is 5.97 Å². The molecule has 0 spiro atoms. The standard InChI is InChI=1S/C22H26N2O5S/c1-13-17(22(27)29-3)21(24-19(25)14-9-11-16(28-2)12-10-14)30-18(13)20(26)23-15-7-5-4-6-8-15/h9-12,15H,4-8H2,1-3H3,(H,23,26)(H,24,25). The van der Waals surface area contributed by atoms with Crippen LogP contribution in [-0.4, -0.2) is 38.0 Å². The Bertz CT molecular complexity index is 930. The molecule has 8 heteroatoms. The van der Waals surface area contributed by atoms with E-state index in [1.807, 2.05) is 0 Å². The molecule has 0 aliphatic heterocycles. The highest BCUT2D eigenvalue weighted by atomic mass is 32.1. The lowest BCUT2D eigenvalue weighted by molar-refractivity contribution is 0.0601. The van der Waals surface area contributed by atoms with Gasteiger partial charge in [0.1, 0.15) is 10.8 Å². The second-order valence-corrected chi connectivity index (χ2v) is 8.26. The van der Waals surface area contributed by atoms with Crippen LogP contribution in [0.4, 0.5) is 5.00 Å². The minimum Gasteiger partial charge on any atom is -0.497 e. The third kappa shape index (κ3) is 4.81. The second-order valence-electron chi connectivity index (χ2n) is 7.24. The summed E-state index contributed by atoms with van der Waals surface area (Å²) < 4.78 is 9.99. The summed E-state index contributed by atoms with van der Waals surface area (Å²) in [6.45, 7) is 1.70. The van der Waals surface area contributed by atoms with Crippen molar-refractivity contribution in [2.75, 3.05) is 19.5 Å². The summed E-state index contributed by atoms with van der Waals surface area (Å²) >= 11 is 1.09. The number of esters is 1. The lowest BCUT2D eigenvalue weighted by atomic mass is 9.95. The van der Waals surface area contributed by atoms with Crippen molar-refractivity contribution in [1.82, 2.24) is 5.32 Å². The predicted octanol–water partition coefficient (Wildman–Crippen LogP) is 4.17. The van der Waals surface area contributed by atoms with Gasteiger partial charge < -0.3 is 20.1 Å². The van der Waals surface area contributed by atoms with Gasteiger partial charge in [-0.2, -0.15) is 0 Å². The maximum atomic E-state index is 12.9. The molecule has 160 valence electrons. The Kier molecular flexibility index (Phi) is 7.10. The molecule has 2 aromatic rings. The van der Waals surface area contributed by atoms with Gasteiger partial charge in [-0.1, -0.05) is 19.3 Å². The van der Waals surface area contributed by atoms with Crippen LogP contribution in [0.3, 0.4) is 0 Å². The average molecular weight is 431 g/mol. The highest BCUT2D eigenvalue weighted by molar-refractivity contribution is 7.18. The lowest BCUT2D eigenvalue weighted by Gasteiger charge is -2.22. The molecule has 1 aromatic carbocycles. The smallest absolute Gasteiger partial charge is 0.341 e. The van der Waals surface area contributed by atoms with Gasteiger partial charge in [0.2, 0.25) is 0 Å². The van der Waals surface area contributed by atoms with Crippen LogP contribution < -0.4 is 15.4 Å². The first-order chi connectivity index (χ1) is 14.4. The van der Waals surface area contributed by atoms with Gasteiger partial charge in [-0.3, -0.25) is 9.59 Å². The molecule has 1 aliphatic carbocycles. The highest BCUT2D eigenvalue weighted by Gasteiger charge is 2.27. The molecular formula is C22H26N2O5S. The minimum atomic E-state index is -0.592. The van der Waals surface area contributed by atoms with Crippen LogP contribution in [0.25, 0.3) is 0 Å².